The maximum atomic E-state index is 12.8. The number of hydrogen-bond donors (Lipinski definition) is 2. The zero-order valence-corrected chi connectivity index (χ0v) is 17.1. The minimum atomic E-state index is -1.00. The molecule has 28 heavy (non-hydrogen) atoms. The van der Waals surface area contributed by atoms with Crippen molar-refractivity contribution in [2.24, 2.45) is 0 Å². The molecule has 0 saturated heterocycles. The van der Waals surface area contributed by atoms with E-state index in [1.54, 1.807) is 31.2 Å². The van der Waals surface area contributed by atoms with Crippen molar-refractivity contribution in [2.45, 2.75) is 53.8 Å². The summed E-state index contributed by atoms with van der Waals surface area (Å²) >= 11 is 0. The summed E-state index contributed by atoms with van der Waals surface area (Å²) in [4.78, 5) is 23.9. The van der Waals surface area contributed by atoms with Crippen molar-refractivity contribution in [3.05, 3.63) is 52.6 Å². The Morgan fingerprint density at radius 3 is 1.89 bits per heavy atom. The number of benzene rings is 2. The van der Waals surface area contributed by atoms with E-state index in [4.69, 9.17) is 14.6 Å². The largest absolute Gasteiger partial charge is 0.491 e. The van der Waals surface area contributed by atoms with Crippen molar-refractivity contribution >= 4 is 17.6 Å². The molecule has 2 aromatic rings. The molecular formula is C22H27NO5. The van der Waals surface area contributed by atoms with E-state index in [-0.39, 0.29) is 23.7 Å². The Bertz CT molecular complexity index is 855. The normalized spacial score (nSPS) is 10.9. The van der Waals surface area contributed by atoms with Gasteiger partial charge in [0.1, 0.15) is 11.5 Å². The van der Waals surface area contributed by atoms with Gasteiger partial charge in [-0.05, 0) is 77.4 Å². The molecule has 0 unspecified atom stereocenters. The first-order chi connectivity index (χ1) is 13.1. The van der Waals surface area contributed by atoms with Gasteiger partial charge in [-0.2, -0.15) is 0 Å². The fourth-order valence-corrected chi connectivity index (χ4v) is 2.73. The van der Waals surface area contributed by atoms with Crippen LogP contribution in [0.5, 0.6) is 11.5 Å². The van der Waals surface area contributed by atoms with Crippen LogP contribution in [0.1, 0.15) is 59.5 Å². The third-order valence-corrected chi connectivity index (χ3v) is 4.01. The van der Waals surface area contributed by atoms with Gasteiger partial charge in [0.2, 0.25) is 0 Å². The molecule has 6 nitrogen and oxygen atoms in total. The number of aryl methyl sites for hydroxylation is 1. The van der Waals surface area contributed by atoms with Gasteiger partial charge in [0, 0.05) is 16.8 Å². The highest BCUT2D eigenvalue weighted by molar-refractivity contribution is 6.05. The molecule has 6 heteroatoms. The van der Waals surface area contributed by atoms with Crippen LogP contribution in [0.4, 0.5) is 5.69 Å². The summed E-state index contributed by atoms with van der Waals surface area (Å²) in [6.07, 6.45) is -0.0924. The summed E-state index contributed by atoms with van der Waals surface area (Å²) in [5.74, 6) is -0.143. The lowest BCUT2D eigenvalue weighted by Gasteiger charge is -2.19. The first-order valence-electron chi connectivity index (χ1n) is 9.21. The van der Waals surface area contributed by atoms with Crippen molar-refractivity contribution < 1.29 is 24.2 Å². The van der Waals surface area contributed by atoms with Gasteiger partial charge in [-0.25, -0.2) is 4.79 Å². The van der Waals surface area contributed by atoms with Crippen molar-refractivity contribution in [3.63, 3.8) is 0 Å². The molecule has 0 aromatic heterocycles. The molecule has 2 aromatic carbocycles. The molecule has 0 fully saturated rings. The van der Waals surface area contributed by atoms with Crippen molar-refractivity contribution in [2.75, 3.05) is 5.32 Å². The highest BCUT2D eigenvalue weighted by atomic mass is 16.5. The van der Waals surface area contributed by atoms with Crippen LogP contribution in [-0.2, 0) is 0 Å². The zero-order valence-electron chi connectivity index (χ0n) is 17.1. The highest BCUT2D eigenvalue weighted by Crippen LogP contribution is 2.32. The lowest BCUT2D eigenvalue weighted by molar-refractivity contribution is 0.0696. The van der Waals surface area contributed by atoms with Gasteiger partial charge in [0.15, 0.2) is 0 Å². The minimum Gasteiger partial charge on any atom is -0.491 e. The molecule has 0 radical (unpaired) electrons. The summed E-state index contributed by atoms with van der Waals surface area (Å²) in [7, 11) is 0. The van der Waals surface area contributed by atoms with Crippen LogP contribution in [0, 0.1) is 13.8 Å². The van der Waals surface area contributed by atoms with Gasteiger partial charge in [-0.1, -0.05) is 0 Å². The quantitative estimate of drug-likeness (QED) is 0.713. The van der Waals surface area contributed by atoms with E-state index in [2.05, 4.69) is 5.32 Å². The van der Waals surface area contributed by atoms with Gasteiger partial charge >= 0.3 is 5.97 Å². The second-order valence-corrected chi connectivity index (χ2v) is 7.22. The summed E-state index contributed by atoms with van der Waals surface area (Å²) in [6.45, 7) is 11.3. The van der Waals surface area contributed by atoms with Crippen LogP contribution < -0.4 is 14.8 Å². The molecule has 0 aliphatic carbocycles. The molecule has 150 valence electrons. The number of nitrogens with one attached hydrogen (secondary N) is 1. The molecular weight excluding hydrogens is 358 g/mol. The van der Waals surface area contributed by atoms with Crippen LogP contribution in [0.15, 0.2) is 30.3 Å². The molecule has 2 rings (SSSR count). The number of ether oxygens (including phenoxy) is 2. The van der Waals surface area contributed by atoms with Crippen molar-refractivity contribution in [1.82, 2.24) is 0 Å². The van der Waals surface area contributed by atoms with Crippen LogP contribution in [0.3, 0.4) is 0 Å². The molecule has 1 amide bonds. The fraction of sp³-hybridized carbons (Fsp3) is 0.364. The van der Waals surface area contributed by atoms with Gasteiger partial charge in [-0.15, -0.1) is 0 Å². The van der Waals surface area contributed by atoms with Gasteiger partial charge in [-0.3, -0.25) is 4.79 Å². The van der Waals surface area contributed by atoms with Gasteiger partial charge in [0.05, 0.1) is 17.8 Å². The number of anilines is 1. The van der Waals surface area contributed by atoms with E-state index in [1.165, 1.54) is 6.07 Å². The molecule has 0 atom stereocenters. The predicted octanol–water partition coefficient (Wildman–Crippen LogP) is 4.83. The standard InChI is InChI=1S/C22H27NO5/c1-12(2)27-19-10-16(11-20(15(19)6)28-13(3)4)21(24)23-17-7-8-18(22(25)26)14(5)9-17/h7-13H,1-6H3,(H,23,24)(H,25,26). The Hall–Kier alpha value is -3.02. The molecule has 0 aliphatic heterocycles. The third-order valence-electron chi connectivity index (χ3n) is 4.01. The number of hydrogen-bond acceptors (Lipinski definition) is 4. The maximum absolute atomic E-state index is 12.8. The van der Waals surface area contributed by atoms with Gasteiger partial charge in [0.25, 0.3) is 5.91 Å². The Labute approximate surface area is 165 Å². The highest BCUT2D eigenvalue weighted by Gasteiger charge is 2.17. The molecule has 0 saturated carbocycles. The maximum Gasteiger partial charge on any atom is 0.335 e. The van der Waals surface area contributed by atoms with Gasteiger partial charge < -0.3 is 19.9 Å². The predicted molar refractivity (Wildman–Crippen MR) is 109 cm³/mol. The minimum absolute atomic E-state index is 0.0462. The Balaban J connectivity index is 2.35. The van der Waals surface area contributed by atoms with Crippen LogP contribution >= 0.6 is 0 Å². The Morgan fingerprint density at radius 1 is 0.929 bits per heavy atom. The number of carbonyl (C=O) groups excluding carboxylic acids is 1. The second-order valence-electron chi connectivity index (χ2n) is 7.22. The first-order valence-corrected chi connectivity index (χ1v) is 9.21. The molecule has 0 heterocycles. The average molecular weight is 385 g/mol. The number of rotatable bonds is 7. The lowest BCUT2D eigenvalue weighted by Crippen LogP contribution is -2.15. The topological polar surface area (TPSA) is 84.9 Å². The second kappa shape index (κ2) is 8.78. The lowest BCUT2D eigenvalue weighted by atomic mass is 10.1. The molecule has 0 spiro atoms. The monoisotopic (exact) mass is 385 g/mol. The van der Waals surface area contributed by atoms with E-state index < -0.39 is 5.97 Å². The third kappa shape index (κ3) is 5.25. The zero-order chi connectivity index (χ0) is 21.0. The first kappa shape index (κ1) is 21.3. The van der Waals surface area contributed by atoms with E-state index in [0.717, 1.165) is 5.56 Å². The number of carbonyl (C=O) groups is 2. The number of carboxylic acids is 1. The molecule has 2 N–H and O–H groups in total. The van der Waals surface area contributed by atoms with Crippen LogP contribution in [-0.4, -0.2) is 29.2 Å². The SMILES string of the molecule is Cc1cc(NC(=O)c2cc(OC(C)C)c(C)c(OC(C)C)c2)ccc1C(=O)O. The van der Waals surface area contributed by atoms with E-state index in [0.29, 0.717) is 28.3 Å². The van der Waals surface area contributed by atoms with Crippen LogP contribution in [0.25, 0.3) is 0 Å². The summed E-state index contributed by atoms with van der Waals surface area (Å²) < 4.78 is 11.7. The Kier molecular flexibility index (Phi) is 6.67. The average Bonchev–Trinajstić information content (AvgIpc) is 2.57. The summed E-state index contributed by atoms with van der Waals surface area (Å²) in [5.41, 5.74) is 2.53. The smallest absolute Gasteiger partial charge is 0.335 e. The van der Waals surface area contributed by atoms with Crippen LogP contribution in [0.2, 0.25) is 0 Å². The summed E-state index contributed by atoms with van der Waals surface area (Å²) in [6, 6.07) is 8.06. The molecule has 0 aliphatic rings. The number of aromatic carboxylic acids is 1. The van der Waals surface area contributed by atoms with E-state index in [9.17, 15) is 9.59 Å². The van der Waals surface area contributed by atoms with Crippen molar-refractivity contribution in [1.29, 1.82) is 0 Å². The van der Waals surface area contributed by atoms with E-state index in [1.807, 2.05) is 34.6 Å². The number of amides is 1. The molecule has 0 bridgehead atoms. The Morgan fingerprint density at radius 2 is 1.46 bits per heavy atom. The fourth-order valence-electron chi connectivity index (χ4n) is 2.73. The summed E-state index contributed by atoms with van der Waals surface area (Å²) in [5, 5.41) is 11.9. The number of carboxylic acid groups (broad SMARTS) is 1. The van der Waals surface area contributed by atoms with Crippen molar-refractivity contribution in [3.8, 4) is 11.5 Å². The van der Waals surface area contributed by atoms with E-state index >= 15 is 0 Å².